The van der Waals surface area contributed by atoms with Crippen molar-refractivity contribution in [2.24, 2.45) is 0 Å². The van der Waals surface area contributed by atoms with Crippen molar-refractivity contribution in [3.63, 3.8) is 0 Å². The number of anilines is 1. The maximum absolute atomic E-state index is 13.1. The van der Waals surface area contributed by atoms with Crippen LogP contribution in [0.25, 0.3) is 44.1 Å². The third-order valence-corrected chi connectivity index (χ3v) is 8.74. The van der Waals surface area contributed by atoms with Crippen LogP contribution in [0.1, 0.15) is 45.7 Å². The van der Waals surface area contributed by atoms with Crippen molar-refractivity contribution >= 4 is 50.8 Å². The summed E-state index contributed by atoms with van der Waals surface area (Å²) >= 11 is 6.27. The van der Waals surface area contributed by atoms with Gasteiger partial charge in [-0.25, -0.2) is 9.97 Å². The highest BCUT2D eigenvalue weighted by molar-refractivity contribution is 6.38. The molecular formula is C38H33ClN6O4. The van der Waals surface area contributed by atoms with E-state index in [1.807, 2.05) is 76.5 Å². The summed E-state index contributed by atoms with van der Waals surface area (Å²) in [6, 6.07) is 15.2. The second-order valence-corrected chi connectivity index (χ2v) is 12.2. The fraction of sp³-hybridized carbons (Fsp3) is 0.211. The molecule has 1 N–H and O–H groups in total. The Balaban J connectivity index is 0.000000157. The highest BCUT2D eigenvalue weighted by Gasteiger charge is 2.33. The monoisotopic (exact) mass is 672 g/mol. The molecule has 0 radical (unpaired) electrons. The summed E-state index contributed by atoms with van der Waals surface area (Å²) in [6.07, 6.45) is 6.62. The van der Waals surface area contributed by atoms with E-state index in [1.54, 1.807) is 24.8 Å². The number of halogens is 1. The Morgan fingerprint density at radius 1 is 0.694 bits per heavy atom. The summed E-state index contributed by atoms with van der Waals surface area (Å²) in [4.78, 5) is 45.0. The zero-order valence-corrected chi connectivity index (χ0v) is 28.3. The summed E-state index contributed by atoms with van der Waals surface area (Å²) in [5.41, 5.74) is 7.35. The first kappa shape index (κ1) is 32.1. The number of carbonyl (C=O) groups excluding carboxylic acids is 2. The van der Waals surface area contributed by atoms with E-state index >= 15 is 0 Å². The maximum atomic E-state index is 13.1. The lowest BCUT2D eigenvalue weighted by Gasteiger charge is -2.15. The van der Waals surface area contributed by atoms with Crippen molar-refractivity contribution < 1.29 is 19.1 Å². The number of nitrogens with zero attached hydrogens (tertiary/aromatic N) is 5. The lowest BCUT2D eigenvalue weighted by Crippen LogP contribution is -2.22. The van der Waals surface area contributed by atoms with Crippen LogP contribution in [0.4, 0.5) is 5.82 Å². The molecular weight excluding hydrogens is 640 g/mol. The highest BCUT2D eigenvalue weighted by atomic mass is 35.5. The Bertz CT molecular complexity index is 2290. The van der Waals surface area contributed by atoms with Gasteiger partial charge in [0.1, 0.15) is 22.5 Å². The van der Waals surface area contributed by atoms with Crippen LogP contribution in [0.15, 0.2) is 73.3 Å². The number of ether oxygens (including phenoxy) is 2. The van der Waals surface area contributed by atoms with Gasteiger partial charge >= 0.3 is 0 Å². The van der Waals surface area contributed by atoms with Gasteiger partial charge in [0, 0.05) is 83.0 Å². The van der Waals surface area contributed by atoms with Crippen LogP contribution in [0.3, 0.4) is 0 Å². The van der Waals surface area contributed by atoms with Gasteiger partial charge in [0.25, 0.3) is 0 Å². The summed E-state index contributed by atoms with van der Waals surface area (Å²) in [6.45, 7) is 6.60. The Morgan fingerprint density at radius 3 is 1.78 bits per heavy atom. The fourth-order valence-corrected chi connectivity index (χ4v) is 6.61. The Labute approximate surface area is 288 Å². The number of ketones is 2. The average Bonchev–Trinajstić information content (AvgIpc) is 3.57. The van der Waals surface area contributed by atoms with Crippen LogP contribution in [-0.2, 0) is 0 Å². The summed E-state index contributed by atoms with van der Waals surface area (Å²) in [7, 11) is 4.03. The molecule has 2 aliphatic rings. The molecule has 8 rings (SSSR count). The molecule has 4 aromatic heterocycles. The quantitative estimate of drug-likeness (QED) is 0.167. The molecule has 0 fully saturated rings. The van der Waals surface area contributed by atoms with Gasteiger partial charge in [0.05, 0.1) is 35.4 Å². The predicted molar refractivity (Wildman–Crippen MR) is 191 cm³/mol. The van der Waals surface area contributed by atoms with Gasteiger partial charge in [-0.3, -0.25) is 19.6 Å². The standard InChI is InChI=1S/C21H22N4O2.C17H11ClN2O2/c1-4-27-13-5-6-15-17(11-13)24-21(23-9-10-25(2)3)19-18(15)14-7-8-22-12-16(14)20(19)26;1-2-22-9-3-4-11-13(7-9)20-17(18)15-14(11)10-5-6-19-8-12(10)16(15)21/h5-8,11-12H,4,9-10H2,1-3H3,(H,23,24);3-8H,2H2,1H3. The van der Waals surface area contributed by atoms with E-state index in [1.165, 1.54) is 0 Å². The molecule has 4 heterocycles. The smallest absolute Gasteiger partial charge is 0.199 e. The van der Waals surface area contributed by atoms with Gasteiger partial charge in [-0.15, -0.1) is 0 Å². The van der Waals surface area contributed by atoms with Crippen molar-refractivity contribution in [3.05, 3.63) is 101 Å². The maximum Gasteiger partial charge on any atom is 0.199 e. The van der Waals surface area contributed by atoms with Crippen LogP contribution >= 0.6 is 11.6 Å². The molecule has 11 heteroatoms. The van der Waals surface area contributed by atoms with Crippen molar-refractivity contribution in [2.45, 2.75) is 13.8 Å². The molecule has 0 saturated heterocycles. The molecule has 0 spiro atoms. The molecule has 2 aromatic carbocycles. The minimum Gasteiger partial charge on any atom is -0.494 e. The Morgan fingerprint density at radius 2 is 1.22 bits per heavy atom. The Hall–Kier alpha value is -5.45. The number of carbonyl (C=O) groups is 2. The minimum atomic E-state index is -0.119. The fourth-order valence-electron chi connectivity index (χ4n) is 6.34. The minimum absolute atomic E-state index is 0.0243. The van der Waals surface area contributed by atoms with E-state index in [0.29, 0.717) is 53.3 Å². The van der Waals surface area contributed by atoms with Crippen molar-refractivity contribution in [2.75, 3.05) is 45.7 Å². The first-order valence-electron chi connectivity index (χ1n) is 16.0. The molecule has 246 valence electrons. The number of fused-ring (bicyclic) bond motifs is 10. The first-order chi connectivity index (χ1) is 23.8. The third-order valence-electron chi connectivity index (χ3n) is 8.47. The zero-order chi connectivity index (χ0) is 34.2. The normalized spacial score (nSPS) is 12.4. The van der Waals surface area contributed by atoms with E-state index in [4.69, 9.17) is 26.1 Å². The van der Waals surface area contributed by atoms with E-state index in [-0.39, 0.29) is 16.7 Å². The number of hydrogen-bond donors (Lipinski definition) is 1. The Kier molecular flexibility index (Phi) is 8.66. The first-order valence-corrected chi connectivity index (χ1v) is 16.4. The lowest BCUT2D eigenvalue weighted by molar-refractivity contribution is 0.103. The number of likely N-dealkylation sites (N-methyl/N-ethyl adjacent to an activating group) is 1. The van der Waals surface area contributed by atoms with Gasteiger partial charge in [0.2, 0.25) is 0 Å². The number of nitrogens with one attached hydrogen (secondary N) is 1. The second kappa shape index (κ2) is 13.2. The molecule has 0 saturated carbocycles. The second-order valence-electron chi connectivity index (χ2n) is 11.8. The van der Waals surface area contributed by atoms with Crippen molar-refractivity contribution in [1.82, 2.24) is 24.8 Å². The number of benzene rings is 2. The molecule has 0 amide bonds. The van der Waals surface area contributed by atoms with Crippen LogP contribution in [0.5, 0.6) is 11.5 Å². The number of hydrogen-bond acceptors (Lipinski definition) is 10. The summed E-state index contributed by atoms with van der Waals surface area (Å²) < 4.78 is 11.1. The largest absolute Gasteiger partial charge is 0.494 e. The van der Waals surface area contributed by atoms with Crippen LogP contribution in [0, 0.1) is 0 Å². The molecule has 6 aromatic rings. The van der Waals surface area contributed by atoms with Gasteiger partial charge in [-0.2, -0.15) is 0 Å². The summed E-state index contributed by atoms with van der Waals surface area (Å²) in [5, 5.41) is 5.41. The predicted octanol–water partition coefficient (Wildman–Crippen LogP) is 7.11. The van der Waals surface area contributed by atoms with Gasteiger partial charge in [-0.05, 0) is 75.5 Å². The number of pyridine rings is 4. The number of aromatic nitrogens is 4. The summed E-state index contributed by atoms with van der Waals surface area (Å²) in [5.74, 6) is 1.98. The number of rotatable bonds is 8. The van der Waals surface area contributed by atoms with E-state index < -0.39 is 0 Å². The van der Waals surface area contributed by atoms with Crippen LogP contribution < -0.4 is 14.8 Å². The molecule has 49 heavy (non-hydrogen) atoms. The van der Waals surface area contributed by atoms with Crippen molar-refractivity contribution in [3.8, 4) is 33.8 Å². The van der Waals surface area contributed by atoms with E-state index in [0.717, 1.165) is 56.6 Å². The van der Waals surface area contributed by atoms with Crippen LogP contribution in [-0.4, -0.2) is 76.8 Å². The lowest BCUT2D eigenvalue weighted by atomic mass is 10.0. The molecule has 2 aliphatic carbocycles. The topological polar surface area (TPSA) is 119 Å². The zero-order valence-electron chi connectivity index (χ0n) is 27.5. The van der Waals surface area contributed by atoms with Crippen molar-refractivity contribution in [1.29, 1.82) is 0 Å². The van der Waals surface area contributed by atoms with Gasteiger partial charge in [-0.1, -0.05) is 11.6 Å². The molecule has 10 nitrogen and oxygen atoms in total. The van der Waals surface area contributed by atoms with E-state index in [2.05, 4.69) is 25.2 Å². The highest BCUT2D eigenvalue weighted by Crippen LogP contribution is 2.45. The molecule has 0 atom stereocenters. The SMILES string of the molecule is CCOc1ccc2c3c(c(Cl)nc2c1)C(=O)c1cnccc1-3.CCOc1ccc2c3c(c(NCCN(C)C)nc2c1)C(=O)c1cnccc1-3. The average molecular weight is 673 g/mol. The van der Waals surface area contributed by atoms with E-state index in [9.17, 15) is 9.59 Å². The third kappa shape index (κ3) is 5.72. The molecule has 0 unspecified atom stereocenters. The van der Waals surface area contributed by atoms with Gasteiger partial charge < -0.3 is 19.7 Å². The van der Waals surface area contributed by atoms with Crippen LogP contribution in [0.2, 0.25) is 5.15 Å². The molecule has 0 bridgehead atoms. The van der Waals surface area contributed by atoms with Gasteiger partial charge in [0.15, 0.2) is 11.6 Å². The molecule has 0 aliphatic heterocycles.